The second-order valence-electron chi connectivity index (χ2n) is 5.19. The quantitative estimate of drug-likeness (QED) is 0.788. The van der Waals surface area contributed by atoms with E-state index < -0.39 is 0 Å². The van der Waals surface area contributed by atoms with Crippen molar-refractivity contribution in [1.29, 1.82) is 5.26 Å². The van der Waals surface area contributed by atoms with Gasteiger partial charge in [-0.1, -0.05) is 54.1 Å². The predicted octanol–water partition coefficient (Wildman–Crippen LogP) is 4.16. The molecule has 0 saturated carbocycles. The number of hydrogen-bond donors (Lipinski definition) is 1. The monoisotopic (exact) mass is 320 g/mol. The van der Waals surface area contributed by atoms with Gasteiger partial charge in [-0.05, 0) is 29.3 Å². The summed E-state index contributed by atoms with van der Waals surface area (Å²) in [5.41, 5.74) is 3.18. The van der Waals surface area contributed by atoms with Crippen molar-refractivity contribution in [2.75, 3.05) is 0 Å². The zero-order valence-corrected chi connectivity index (χ0v) is 13.0. The predicted molar refractivity (Wildman–Crippen MR) is 91.5 cm³/mol. The highest BCUT2D eigenvalue weighted by Gasteiger charge is 2.10. The minimum absolute atomic E-state index is 0.183. The molecule has 0 saturated heterocycles. The Labute approximate surface area is 138 Å². The van der Waals surface area contributed by atoms with Crippen LogP contribution in [0.3, 0.4) is 0 Å². The van der Waals surface area contributed by atoms with Crippen molar-refractivity contribution in [3.63, 3.8) is 0 Å². The molecule has 1 N–H and O–H groups in total. The van der Waals surface area contributed by atoms with E-state index in [0.717, 1.165) is 11.1 Å². The molecule has 0 aliphatic carbocycles. The van der Waals surface area contributed by atoms with E-state index in [0.29, 0.717) is 28.3 Å². The Kier molecular flexibility index (Phi) is 4.27. The Bertz CT molecular complexity index is 922. The van der Waals surface area contributed by atoms with Crippen LogP contribution in [0.4, 0.5) is 0 Å². The molecule has 0 atom stereocenters. The smallest absolute Gasteiger partial charge is 0.252 e. The highest BCUT2D eigenvalue weighted by molar-refractivity contribution is 6.30. The fourth-order valence-corrected chi connectivity index (χ4v) is 2.57. The number of nitriles is 1. The maximum Gasteiger partial charge on any atom is 0.252 e. The number of pyridine rings is 1. The summed E-state index contributed by atoms with van der Waals surface area (Å²) in [6, 6.07) is 20.5. The molecule has 1 aromatic heterocycles. The first kappa shape index (κ1) is 15.1. The van der Waals surface area contributed by atoms with Gasteiger partial charge in [-0.15, -0.1) is 0 Å². The van der Waals surface area contributed by atoms with Gasteiger partial charge in [0.1, 0.15) is 6.07 Å². The summed E-state index contributed by atoms with van der Waals surface area (Å²) in [6.45, 7) is 0. The number of aromatic nitrogens is 1. The van der Waals surface area contributed by atoms with Gasteiger partial charge in [-0.25, -0.2) is 0 Å². The van der Waals surface area contributed by atoms with Crippen LogP contribution < -0.4 is 5.56 Å². The number of nitrogens with one attached hydrogen (secondary N) is 1. The Morgan fingerprint density at radius 3 is 2.39 bits per heavy atom. The Morgan fingerprint density at radius 1 is 1.04 bits per heavy atom. The number of benzene rings is 2. The molecule has 112 valence electrons. The number of aromatic amines is 1. The van der Waals surface area contributed by atoms with Crippen LogP contribution in [0.15, 0.2) is 65.5 Å². The Hall–Kier alpha value is -2.83. The van der Waals surface area contributed by atoms with Crippen LogP contribution in [0, 0.1) is 11.3 Å². The maximum atomic E-state index is 12.4. The average Bonchev–Trinajstić information content (AvgIpc) is 2.59. The van der Waals surface area contributed by atoms with Crippen LogP contribution in [0.5, 0.6) is 0 Å². The third-order valence-corrected chi connectivity index (χ3v) is 3.86. The number of rotatable bonds is 3. The summed E-state index contributed by atoms with van der Waals surface area (Å²) in [5, 5.41) is 10.1. The number of H-pyrrole nitrogens is 1. The van der Waals surface area contributed by atoms with Crippen molar-refractivity contribution in [2.45, 2.75) is 6.42 Å². The second-order valence-corrected chi connectivity index (χ2v) is 5.63. The lowest BCUT2D eigenvalue weighted by molar-refractivity contribution is 1.09. The number of halogens is 1. The van der Waals surface area contributed by atoms with Gasteiger partial charge in [0, 0.05) is 17.0 Å². The minimum Gasteiger partial charge on any atom is -0.321 e. The standard InChI is InChI=1S/C19H13ClN2O/c20-17-8-6-13(7-9-17)10-15-11-16(12-21)18(22-19(15)23)14-4-2-1-3-5-14/h1-9,11H,10H2,(H,22,23). The van der Waals surface area contributed by atoms with E-state index in [-0.39, 0.29) is 5.56 Å². The van der Waals surface area contributed by atoms with Gasteiger partial charge in [0.15, 0.2) is 0 Å². The lowest BCUT2D eigenvalue weighted by atomic mass is 10.0. The average molecular weight is 321 g/mol. The zero-order valence-electron chi connectivity index (χ0n) is 12.2. The summed E-state index contributed by atoms with van der Waals surface area (Å²) in [5.74, 6) is 0. The van der Waals surface area contributed by atoms with Crippen molar-refractivity contribution >= 4 is 11.6 Å². The van der Waals surface area contributed by atoms with Crippen molar-refractivity contribution < 1.29 is 0 Å². The molecule has 1 heterocycles. The van der Waals surface area contributed by atoms with Gasteiger partial charge in [0.25, 0.3) is 5.56 Å². The van der Waals surface area contributed by atoms with Crippen LogP contribution in [-0.4, -0.2) is 4.98 Å². The van der Waals surface area contributed by atoms with Crippen molar-refractivity contribution in [2.24, 2.45) is 0 Å². The highest BCUT2D eigenvalue weighted by atomic mass is 35.5. The normalized spacial score (nSPS) is 10.3. The molecule has 0 unspecified atom stereocenters. The molecule has 3 nitrogen and oxygen atoms in total. The molecule has 0 spiro atoms. The first-order valence-corrected chi connectivity index (χ1v) is 7.51. The molecule has 0 amide bonds. The molecule has 0 aliphatic heterocycles. The summed E-state index contributed by atoms with van der Waals surface area (Å²) in [4.78, 5) is 15.2. The summed E-state index contributed by atoms with van der Waals surface area (Å²) in [6.07, 6.45) is 0.455. The Morgan fingerprint density at radius 2 is 1.74 bits per heavy atom. The Balaban J connectivity index is 2.02. The van der Waals surface area contributed by atoms with E-state index >= 15 is 0 Å². The van der Waals surface area contributed by atoms with E-state index in [1.165, 1.54) is 0 Å². The second kappa shape index (κ2) is 6.51. The van der Waals surface area contributed by atoms with Crippen molar-refractivity contribution in [3.05, 3.63) is 92.7 Å². The molecule has 3 rings (SSSR count). The molecule has 2 aromatic carbocycles. The summed E-state index contributed by atoms with van der Waals surface area (Å²) in [7, 11) is 0. The molecule has 0 radical (unpaired) electrons. The first-order valence-electron chi connectivity index (χ1n) is 7.13. The molecule has 4 heteroatoms. The van der Waals surface area contributed by atoms with Gasteiger partial charge < -0.3 is 4.98 Å². The zero-order chi connectivity index (χ0) is 16.2. The van der Waals surface area contributed by atoms with Crippen LogP contribution in [0.2, 0.25) is 5.02 Å². The van der Waals surface area contributed by atoms with E-state index in [2.05, 4.69) is 11.1 Å². The van der Waals surface area contributed by atoms with Crippen molar-refractivity contribution in [1.82, 2.24) is 4.98 Å². The van der Waals surface area contributed by atoms with Gasteiger partial charge in [0.2, 0.25) is 0 Å². The van der Waals surface area contributed by atoms with Crippen LogP contribution in [0.25, 0.3) is 11.3 Å². The number of nitrogens with zero attached hydrogens (tertiary/aromatic N) is 1. The number of hydrogen-bond acceptors (Lipinski definition) is 2. The molecule has 3 aromatic rings. The van der Waals surface area contributed by atoms with Crippen LogP contribution >= 0.6 is 11.6 Å². The van der Waals surface area contributed by atoms with Gasteiger partial charge >= 0.3 is 0 Å². The largest absolute Gasteiger partial charge is 0.321 e. The molecule has 0 aliphatic rings. The van der Waals surface area contributed by atoms with Gasteiger partial charge in [0.05, 0.1) is 11.3 Å². The van der Waals surface area contributed by atoms with Gasteiger partial charge in [-0.3, -0.25) is 4.79 Å². The van der Waals surface area contributed by atoms with E-state index in [4.69, 9.17) is 11.6 Å². The fraction of sp³-hybridized carbons (Fsp3) is 0.0526. The molecular formula is C19H13ClN2O. The van der Waals surface area contributed by atoms with Crippen LogP contribution in [-0.2, 0) is 6.42 Å². The lowest BCUT2D eigenvalue weighted by Crippen LogP contribution is -2.15. The highest BCUT2D eigenvalue weighted by Crippen LogP contribution is 2.21. The molecule has 0 fully saturated rings. The molecular weight excluding hydrogens is 308 g/mol. The fourth-order valence-electron chi connectivity index (χ4n) is 2.45. The first-order chi connectivity index (χ1) is 11.2. The maximum absolute atomic E-state index is 12.4. The van der Waals surface area contributed by atoms with E-state index in [1.807, 2.05) is 42.5 Å². The van der Waals surface area contributed by atoms with Crippen LogP contribution in [0.1, 0.15) is 16.7 Å². The summed E-state index contributed by atoms with van der Waals surface area (Å²) < 4.78 is 0. The molecule has 0 bridgehead atoms. The third-order valence-electron chi connectivity index (χ3n) is 3.61. The van der Waals surface area contributed by atoms with Crippen molar-refractivity contribution in [3.8, 4) is 17.3 Å². The SMILES string of the molecule is N#Cc1cc(Cc2ccc(Cl)cc2)c(=O)[nH]c1-c1ccccc1. The van der Waals surface area contributed by atoms with E-state index in [1.54, 1.807) is 18.2 Å². The molecule has 23 heavy (non-hydrogen) atoms. The topological polar surface area (TPSA) is 56.6 Å². The third kappa shape index (κ3) is 3.33. The summed E-state index contributed by atoms with van der Waals surface area (Å²) >= 11 is 5.87. The minimum atomic E-state index is -0.183. The van der Waals surface area contributed by atoms with Gasteiger partial charge in [-0.2, -0.15) is 5.26 Å². The van der Waals surface area contributed by atoms with E-state index in [9.17, 15) is 10.1 Å². The lowest BCUT2D eigenvalue weighted by Gasteiger charge is -2.07.